The lowest BCUT2D eigenvalue weighted by Gasteiger charge is -2.04. The van der Waals surface area contributed by atoms with Crippen LogP contribution in [0.2, 0.25) is 0 Å². The van der Waals surface area contributed by atoms with Crippen LogP contribution in [-0.4, -0.2) is 15.1 Å². The number of hydrogen-bond donors (Lipinski definition) is 2. The van der Waals surface area contributed by atoms with Crippen LogP contribution >= 0.6 is 0 Å². The van der Waals surface area contributed by atoms with E-state index in [1.807, 2.05) is 25.1 Å². The Labute approximate surface area is 80.3 Å². The molecule has 14 heavy (non-hydrogen) atoms. The lowest BCUT2D eigenvalue weighted by atomic mass is 10.1. The summed E-state index contributed by atoms with van der Waals surface area (Å²) < 4.78 is 1.01. The van der Waals surface area contributed by atoms with Gasteiger partial charge in [0.15, 0.2) is 0 Å². The summed E-state index contributed by atoms with van der Waals surface area (Å²) in [7, 11) is 0. The van der Waals surface area contributed by atoms with E-state index in [-0.39, 0.29) is 0 Å². The summed E-state index contributed by atoms with van der Waals surface area (Å²) in [5.41, 5.74) is 1.66. The molecule has 0 aliphatic rings. The summed E-state index contributed by atoms with van der Waals surface area (Å²) in [5, 5.41) is 22.5. The monoisotopic (exact) mass is 190 g/mol. The van der Waals surface area contributed by atoms with Crippen molar-refractivity contribution in [2.45, 2.75) is 6.92 Å². The molecule has 1 aromatic carbocycles. The molecule has 2 N–H and O–H groups in total. The highest BCUT2D eigenvalue weighted by molar-refractivity contribution is 5.78. The third kappa shape index (κ3) is 1.21. The first-order valence-corrected chi connectivity index (χ1v) is 4.22. The Kier molecular flexibility index (Phi) is 1.89. The van der Waals surface area contributed by atoms with Gasteiger partial charge in [0.05, 0.1) is 5.52 Å². The van der Waals surface area contributed by atoms with Gasteiger partial charge in [0.1, 0.15) is 5.36 Å². The summed E-state index contributed by atoms with van der Waals surface area (Å²) in [6, 6.07) is 7.07. The Morgan fingerprint density at radius 1 is 1.29 bits per heavy atom. The fraction of sp³-hybridized carbons (Fsp3) is 0.100. The van der Waals surface area contributed by atoms with Crippen LogP contribution in [0.1, 0.15) is 5.56 Å². The second-order valence-electron chi connectivity index (χ2n) is 3.17. The smallest absolute Gasteiger partial charge is 0.113 e. The second-order valence-corrected chi connectivity index (χ2v) is 3.17. The zero-order valence-corrected chi connectivity index (χ0v) is 7.68. The van der Waals surface area contributed by atoms with E-state index < -0.39 is 0 Å². The summed E-state index contributed by atoms with van der Waals surface area (Å²) in [6.45, 7) is 1.93. The molecule has 4 nitrogen and oxygen atoms in total. The molecule has 1 heterocycles. The van der Waals surface area contributed by atoms with Gasteiger partial charge in [-0.1, -0.05) is 17.3 Å². The van der Waals surface area contributed by atoms with E-state index in [0.29, 0.717) is 16.3 Å². The second kappa shape index (κ2) is 3.06. The molecule has 0 amide bonds. The van der Waals surface area contributed by atoms with Gasteiger partial charge in [-0.05, 0) is 24.6 Å². The molecule has 0 radical (unpaired) electrons. The minimum atomic E-state index is 0.449. The SMILES string of the molecule is Cc1ccc2/c(=N/O)ccn(O)c2c1. The summed E-state index contributed by atoms with van der Waals surface area (Å²) in [6.07, 6.45) is 1.44. The maximum atomic E-state index is 9.51. The van der Waals surface area contributed by atoms with Crippen molar-refractivity contribution in [3.8, 4) is 0 Å². The Hall–Kier alpha value is -1.97. The summed E-state index contributed by atoms with van der Waals surface area (Å²) in [4.78, 5) is 0. The standard InChI is InChI=1S/C10H10N2O2/c1-7-2-3-8-9(11-13)4-5-12(14)10(8)6-7/h2-6,13-14H,1H3/b11-9+. The van der Waals surface area contributed by atoms with Crippen molar-refractivity contribution in [2.24, 2.45) is 5.16 Å². The number of nitrogens with zero attached hydrogens (tertiary/aromatic N) is 2. The van der Waals surface area contributed by atoms with Crippen molar-refractivity contribution in [3.63, 3.8) is 0 Å². The zero-order valence-electron chi connectivity index (χ0n) is 7.68. The van der Waals surface area contributed by atoms with Gasteiger partial charge in [-0.25, -0.2) is 0 Å². The normalized spacial score (nSPS) is 12.2. The van der Waals surface area contributed by atoms with Crippen molar-refractivity contribution in [3.05, 3.63) is 41.4 Å². The fourth-order valence-corrected chi connectivity index (χ4v) is 1.45. The average Bonchev–Trinajstić information content (AvgIpc) is 2.19. The van der Waals surface area contributed by atoms with E-state index in [1.54, 1.807) is 0 Å². The third-order valence-electron chi connectivity index (χ3n) is 2.16. The van der Waals surface area contributed by atoms with E-state index in [0.717, 1.165) is 10.3 Å². The third-order valence-corrected chi connectivity index (χ3v) is 2.16. The number of aryl methyl sites for hydroxylation is 1. The molecule has 2 aromatic rings. The molecular weight excluding hydrogens is 180 g/mol. The first kappa shape index (κ1) is 8.62. The lowest BCUT2D eigenvalue weighted by molar-refractivity contribution is 0.197. The van der Waals surface area contributed by atoms with Crippen LogP contribution in [0.5, 0.6) is 0 Å². The van der Waals surface area contributed by atoms with Crippen molar-refractivity contribution in [1.29, 1.82) is 0 Å². The Bertz CT molecular complexity index is 543. The van der Waals surface area contributed by atoms with Gasteiger partial charge in [-0.2, -0.15) is 4.73 Å². The molecule has 4 heteroatoms. The maximum absolute atomic E-state index is 9.51. The van der Waals surface area contributed by atoms with E-state index in [1.165, 1.54) is 12.3 Å². The molecule has 0 saturated heterocycles. The van der Waals surface area contributed by atoms with Crippen molar-refractivity contribution in [1.82, 2.24) is 4.73 Å². The van der Waals surface area contributed by atoms with Gasteiger partial charge in [0.25, 0.3) is 0 Å². The van der Waals surface area contributed by atoms with Crippen LogP contribution in [0.4, 0.5) is 0 Å². The Morgan fingerprint density at radius 2 is 2.07 bits per heavy atom. The predicted octanol–water partition coefficient (Wildman–Crippen LogP) is 1.48. The highest BCUT2D eigenvalue weighted by Gasteiger charge is 2.00. The molecule has 0 fully saturated rings. The largest absolute Gasteiger partial charge is 0.428 e. The van der Waals surface area contributed by atoms with Crippen LogP contribution in [0.3, 0.4) is 0 Å². The van der Waals surface area contributed by atoms with Crippen LogP contribution in [0, 0.1) is 6.92 Å². The van der Waals surface area contributed by atoms with Gasteiger partial charge >= 0.3 is 0 Å². The van der Waals surface area contributed by atoms with E-state index in [2.05, 4.69) is 5.16 Å². The van der Waals surface area contributed by atoms with Gasteiger partial charge in [-0.3, -0.25) is 0 Å². The highest BCUT2D eigenvalue weighted by atomic mass is 16.5. The molecule has 0 aliphatic heterocycles. The number of hydrogen-bond acceptors (Lipinski definition) is 3. The number of benzene rings is 1. The average molecular weight is 190 g/mol. The highest BCUT2D eigenvalue weighted by Crippen LogP contribution is 2.10. The molecule has 0 spiro atoms. The van der Waals surface area contributed by atoms with E-state index in [4.69, 9.17) is 5.21 Å². The van der Waals surface area contributed by atoms with Crippen molar-refractivity contribution in [2.75, 3.05) is 0 Å². The molecule has 0 saturated carbocycles. The number of fused-ring (bicyclic) bond motifs is 1. The lowest BCUT2D eigenvalue weighted by Crippen LogP contribution is -2.07. The van der Waals surface area contributed by atoms with Crippen LogP contribution in [0.15, 0.2) is 35.6 Å². The van der Waals surface area contributed by atoms with Crippen LogP contribution < -0.4 is 5.36 Å². The minimum Gasteiger partial charge on any atom is -0.428 e. The Morgan fingerprint density at radius 3 is 2.79 bits per heavy atom. The topological polar surface area (TPSA) is 57.8 Å². The van der Waals surface area contributed by atoms with Gasteiger partial charge in [0, 0.05) is 11.6 Å². The van der Waals surface area contributed by atoms with Crippen molar-refractivity contribution >= 4 is 10.9 Å². The minimum absolute atomic E-state index is 0.449. The predicted molar refractivity (Wildman–Crippen MR) is 51.2 cm³/mol. The van der Waals surface area contributed by atoms with Gasteiger partial charge in [0.2, 0.25) is 0 Å². The Balaban J connectivity index is 2.99. The molecule has 0 unspecified atom stereocenters. The summed E-state index contributed by atoms with van der Waals surface area (Å²) in [5.74, 6) is 0. The fourth-order valence-electron chi connectivity index (χ4n) is 1.45. The molecule has 1 aromatic heterocycles. The number of pyridine rings is 1. The molecular formula is C10H10N2O2. The number of rotatable bonds is 0. The quantitative estimate of drug-likeness (QED) is 0.375. The van der Waals surface area contributed by atoms with Crippen LogP contribution in [0.25, 0.3) is 10.9 Å². The summed E-state index contributed by atoms with van der Waals surface area (Å²) >= 11 is 0. The molecule has 0 atom stereocenters. The van der Waals surface area contributed by atoms with Gasteiger partial charge in [-0.15, -0.1) is 0 Å². The van der Waals surface area contributed by atoms with Gasteiger partial charge < -0.3 is 10.4 Å². The maximum Gasteiger partial charge on any atom is 0.113 e. The zero-order chi connectivity index (χ0) is 10.1. The molecule has 0 bridgehead atoms. The van der Waals surface area contributed by atoms with Crippen molar-refractivity contribution < 1.29 is 10.4 Å². The molecule has 0 aliphatic carbocycles. The van der Waals surface area contributed by atoms with E-state index >= 15 is 0 Å². The van der Waals surface area contributed by atoms with Crippen LogP contribution in [-0.2, 0) is 0 Å². The molecule has 2 rings (SSSR count). The number of aromatic nitrogens is 1. The van der Waals surface area contributed by atoms with E-state index in [9.17, 15) is 5.21 Å². The first-order valence-electron chi connectivity index (χ1n) is 4.22. The first-order chi connectivity index (χ1) is 6.72. The molecule has 72 valence electrons.